The molecule has 0 aromatic carbocycles. The van der Waals surface area contributed by atoms with Gasteiger partial charge < -0.3 is 10.2 Å². The highest BCUT2D eigenvalue weighted by Crippen LogP contribution is 2.20. The largest absolute Gasteiger partial charge is 0.378 e. The van der Waals surface area contributed by atoms with Crippen LogP contribution in [0.2, 0.25) is 0 Å². The Morgan fingerprint density at radius 3 is 2.68 bits per heavy atom. The van der Waals surface area contributed by atoms with Gasteiger partial charge in [0.15, 0.2) is 5.82 Å². The molecule has 0 fully saturated rings. The van der Waals surface area contributed by atoms with Gasteiger partial charge in [0.05, 0.1) is 12.3 Å². The number of aromatic nitrogens is 3. The van der Waals surface area contributed by atoms with E-state index < -0.39 is 0 Å². The van der Waals surface area contributed by atoms with E-state index in [2.05, 4.69) is 20.4 Å². The summed E-state index contributed by atoms with van der Waals surface area (Å²) in [6, 6.07) is 3.79. The van der Waals surface area contributed by atoms with E-state index in [9.17, 15) is 0 Å². The van der Waals surface area contributed by atoms with Crippen molar-refractivity contribution in [3.05, 3.63) is 35.2 Å². The van der Waals surface area contributed by atoms with Crippen LogP contribution in [0.4, 0.5) is 5.82 Å². The van der Waals surface area contributed by atoms with Crippen LogP contribution in [0.1, 0.15) is 16.8 Å². The van der Waals surface area contributed by atoms with Crippen LogP contribution in [0, 0.1) is 13.8 Å². The molecular formula is C13H17N5O. The SMILES string of the molecule is COCc1cc(NN)nc(-c2ncc(C)cc2C)n1. The maximum absolute atomic E-state index is 5.42. The number of nitrogens with one attached hydrogen (secondary N) is 1. The van der Waals surface area contributed by atoms with Crippen LogP contribution in [0.3, 0.4) is 0 Å². The molecule has 0 saturated carbocycles. The number of hydrazine groups is 1. The summed E-state index contributed by atoms with van der Waals surface area (Å²) in [4.78, 5) is 13.2. The predicted molar refractivity (Wildman–Crippen MR) is 73.3 cm³/mol. The molecule has 3 N–H and O–H groups in total. The fourth-order valence-electron chi connectivity index (χ4n) is 1.85. The fraction of sp³-hybridized carbons (Fsp3) is 0.308. The molecular weight excluding hydrogens is 242 g/mol. The van der Waals surface area contributed by atoms with Crippen molar-refractivity contribution < 1.29 is 4.74 Å². The van der Waals surface area contributed by atoms with Crippen molar-refractivity contribution in [2.75, 3.05) is 12.5 Å². The van der Waals surface area contributed by atoms with Crippen molar-refractivity contribution in [3.63, 3.8) is 0 Å². The second kappa shape index (κ2) is 5.73. The number of hydrogen-bond acceptors (Lipinski definition) is 6. The maximum atomic E-state index is 5.42. The number of rotatable bonds is 4. The molecule has 19 heavy (non-hydrogen) atoms. The molecule has 0 radical (unpaired) electrons. The third-order valence-electron chi connectivity index (χ3n) is 2.65. The highest BCUT2D eigenvalue weighted by molar-refractivity contribution is 5.57. The van der Waals surface area contributed by atoms with Crippen LogP contribution < -0.4 is 11.3 Å². The molecule has 0 spiro atoms. The first-order chi connectivity index (χ1) is 9.13. The summed E-state index contributed by atoms with van der Waals surface area (Å²) in [5.74, 6) is 6.50. The summed E-state index contributed by atoms with van der Waals surface area (Å²) in [7, 11) is 1.62. The molecule has 2 aromatic rings. The number of hydrogen-bond donors (Lipinski definition) is 2. The lowest BCUT2D eigenvalue weighted by atomic mass is 10.1. The number of anilines is 1. The van der Waals surface area contributed by atoms with Crippen LogP contribution in [-0.4, -0.2) is 22.1 Å². The van der Waals surface area contributed by atoms with Crippen molar-refractivity contribution in [1.82, 2.24) is 15.0 Å². The molecule has 0 aliphatic rings. The monoisotopic (exact) mass is 259 g/mol. The Kier molecular flexibility index (Phi) is 4.03. The molecule has 0 saturated heterocycles. The third kappa shape index (κ3) is 3.04. The fourth-order valence-corrected chi connectivity index (χ4v) is 1.85. The third-order valence-corrected chi connectivity index (χ3v) is 2.65. The highest BCUT2D eigenvalue weighted by Gasteiger charge is 2.10. The Balaban J connectivity index is 2.51. The quantitative estimate of drug-likeness (QED) is 0.640. The van der Waals surface area contributed by atoms with Crippen LogP contribution >= 0.6 is 0 Å². The van der Waals surface area contributed by atoms with E-state index >= 15 is 0 Å². The van der Waals surface area contributed by atoms with Gasteiger partial charge in [0.25, 0.3) is 0 Å². The lowest BCUT2D eigenvalue weighted by Crippen LogP contribution is -2.11. The molecule has 0 aliphatic heterocycles. The van der Waals surface area contributed by atoms with Gasteiger partial charge in [0, 0.05) is 19.4 Å². The Hall–Kier alpha value is -2.05. The summed E-state index contributed by atoms with van der Waals surface area (Å²) in [5.41, 5.74) is 6.16. The second-order valence-electron chi connectivity index (χ2n) is 4.32. The zero-order chi connectivity index (χ0) is 13.8. The molecule has 0 bridgehead atoms. The minimum absolute atomic E-state index is 0.398. The smallest absolute Gasteiger partial charge is 0.180 e. The molecule has 2 heterocycles. The molecule has 2 aromatic heterocycles. The lowest BCUT2D eigenvalue weighted by molar-refractivity contribution is 0.181. The molecule has 2 rings (SSSR count). The average molecular weight is 259 g/mol. The highest BCUT2D eigenvalue weighted by atomic mass is 16.5. The van der Waals surface area contributed by atoms with Crippen LogP contribution in [0.5, 0.6) is 0 Å². The van der Waals surface area contributed by atoms with E-state index in [0.29, 0.717) is 18.2 Å². The van der Waals surface area contributed by atoms with Gasteiger partial charge in [-0.3, -0.25) is 4.98 Å². The molecule has 0 amide bonds. The van der Waals surface area contributed by atoms with Crippen molar-refractivity contribution in [2.45, 2.75) is 20.5 Å². The minimum Gasteiger partial charge on any atom is -0.378 e. The summed E-state index contributed by atoms with van der Waals surface area (Å²) in [5, 5.41) is 0. The van der Waals surface area contributed by atoms with Gasteiger partial charge in [-0.15, -0.1) is 0 Å². The van der Waals surface area contributed by atoms with E-state index in [1.807, 2.05) is 19.9 Å². The number of pyridine rings is 1. The average Bonchev–Trinajstić information content (AvgIpc) is 2.38. The summed E-state index contributed by atoms with van der Waals surface area (Å²) < 4.78 is 5.09. The Bertz CT molecular complexity index is 585. The minimum atomic E-state index is 0.398. The van der Waals surface area contributed by atoms with E-state index in [4.69, 9.17) is 10.6 Å². The number of methoxy groups -OCH3 is 1. The van der Waals surface area contributed by atoms with Gasteiger partial charge in [0.1, 0.15) is 11.5 Å². The Morgan fingerprint density at radius 1 is 1.26 bits per heavy atom. The summed E-state index contributed by atoms with van der Waals surface area (Å²) >= 11 is 0. The number of nitrogens with two attached hydrogens (primary N) is 1. The van der Waals surface area contributed by atoms with E-state index in [1.54, 1.807) is 19.4 Å². The van der Waals surface area contributed by atoms with E-state index in [0.717, 1.165) is 22.5 Å². The molecule has 0 unspecified atom stereocenters. The first-order valence-electron chi connectivity index (χ1n) is 5.91. The van der Waals surface area contributed by atoms with Crippen molar-refractivity contribution >= 4 is 5.82 Å². The zero-order valence-corrected chi connectivity index (χ0v) is 11.3. The van der Waals surface area contributed by atoms with Gasteiger partial charge in [-0.25, -0.2) is 15.8 Å². The first kappa shape index (κ1) is 13.4. The zero-order valence-electron chi connectivity index (χ0n) is 11.3. The number of ether oxygens (including phenoxy) is 1. The number of nitrogens with zero attached hydrogens (tertiary/aromatic N) is 3. The van der Waals surface area contributed by atoms with Crippen molar-refractivity contribution in [2.24, 2.45) is 5.84 Å². The Labute approximate surface area is 112 Å². The van der Waals surface area contributed by atoms with E-state index in [-0.39, 0.29) is 0 Å². The van der Waals surface area contributed by atoms with Crippen LogP contribution in [-0.2, 0) is 11.3 Å². The molecule has 0 aliphatic carbocycles. The maximum Gasteiger partial charge on any atom is 0.180 e. The van der Waals surface area contributed by atoms with E-state index in [1.165, 1.54) is 0 Å². The molecule has 0 atom stereocenters. The first-order valence-corrected chi connectivity index (χ1v) is 5.91. The van der Waals surface area contributed by atoms with Crippen LogP contribution in [0.25, 0.3) is 11.5 Å². The lowest BCUT2D eigenvalue weighted by Gasteiger charge is -2.09. The van der Waals surface area contributed by atoms with Gasteiger partial charge in [0.2, 0.25) is 0 Å². The predicted octanol–water partition coefficient (Wildman–Crippen LogP) is 1.59. The second-order valence-corrected chi connectivity index (χ2v) is 4.32. The Morgan fingerprint density at radius 2 is 2.05 bits per heavy atom. The van der Waals surface area contributed by atoms with Crippen molar-refractivity contribution in [3.8, 4) is 11.5 Å². The topological polar surface area (TPSA) is 86.0 Å². The summed E-state index contributed by atoms with van der Waals surface area (Å²) in [6.07, 6.45) is 1.80. The molecule has 6 nitrogen and oxygen atoms in total. The van der Waals surface area contributed by atoms with Gasteiger partial charge >= 0.3 is 0 Å². The van der Waals surface area contributed by atoms with Gasteiger partial charge in [-0.1, -0.05) is 6.07 Å². The summed E-state index contributed by atoms with van der Waals surface area (Å²) in [6.45, 7) is 4.38. The normalized spacial score (nSPS) is 10.5. The van der Waals surface area contributed by atoms with Gasteiger partial charge in [-0.2, -0.15) is 0 Å². The van der Waals surface area contributed by atoms with Crippen molar-refractivity contribution in [1.29, 1.82) is 0 Å². The standard InChI is InChI=1S/C13H17N5O/c1-8-4-9(2)12(15-6-8)13-16-10(7-19-3)5-11(17-13)18-14/h4-6H,7,14H2,1-3H3,(H,16,17,18). The van der Waals surface area contributed by atoms with Crippen LogP contribution in [0.15, 0.2) is 18.3 Å². The molecule has 6 heteroatoms. The van der Waals surface area contributed by atoms with Gasteiger partial charge in [-0.05, 0) is 25.0 Å². The molecule has 100 valence electrons. The number of aryl methyl sites for hydroxylation is 2. The number of nitrogen functional groups attached to an aromatic ring is 1.